The third-order valence-corrected chi connectivity index (χ3v) is 6.72. The van der Waals surface area contributed by atoms with Gasteiger partial charge in [0.25, 0.3) is 5.91 Å². The Balaban J connectivity index is 1.55. The number of fused-ring (bicyclic) bond motifs is 2. The summed E-state index contributed by atoms with van der Waals surface area (Å²) < 4.78 is 3.91. The highest BCUT2D eigenvalue weighted by Gasteiger charge is 2.47. The van der Waals surface area contributed by atoms with Gasteiger partial charge in [-0.05, 0) is 44.3 Å². The molecule has 0 aliphatic carbocycles. The number of aromatic nitrogens is 4. The lowest BCUT2D eigenvalue weighted by molar-refractivity contribution is 0.00644. The predicted molar refractivity (Wildman–Crippen MR) is 100 cm³/mol. The second-order valence-corrected chi connectivity index (χ2v) is 8.09. The summed E-state index contributed by atoms with van der Waals surface area (Å²) in [6.45, 7) is 7.78. The fraction of sp³-hybridized carbons (Fsp3) is 0.667. The van der Waals surface area contributed by atoms with Gasteiger partial charge in [0, 0.05) is 31.7 Å². The lowest BCUT2D eigenvalue weighted by Gasteiger charge is -2.50. The summed E-state index contributed by atoms with van der Waals surface area (Å²) in [6, 6.07) is 0. The van der Waals surface area contributed by atoms with Crippen molar-refractivity contribution in [3.8, 4) is 0 Å². The Morgan fingerprint density at radius 2 is 2.15 bits per heavy atom. The summed E-state index contributed by atoms with van der Waals surface area (Å²) in [5.74, 6) is 0.0746. The molecule has 0 atom stereocenters. The molecule has 0 aromatic carbocycles. The van der Waals surface area contributed by atoms with Crippen LogP contribution in [0, 0.1) is 6.92 Å². The highest BCUT2D eigenvalue weighted by atomic mass is 32.1. The Bertz CT molecular complexity index is 776. The van der Waals surface area contributed by atoms with Crippen molar-refractivity contribution in [3.63, 3.8) is 0 Å². The Kier molecular flexibility index (Phi) is 4.79. The molecule has 8 heteroatoms. The zero-order valence-electron chi connectivity index (χ0n) is 15.5. The minimum absolute atomic E-state index is 0.0273. The van der Waals surface area contributed by atoms with E-state index in [1.165, 1.54) is 35.8 Å². The number of imidazole rings is 1. The number of aromatic amines is 1. The number of carbonyl (C=O) groups excluding carboxylic acids is 1. The van der Waals surface area contributed by atoms with Gasteiger partial charge in [0.1, 0.15) is 4.88 Å². The number of nitrogens with zero attached hydrogens (tertiary/aromatic N) is 5. The van der Waals surface area contributed by atoms with Gasteiger partial charge < -0.3 is 9.88 Å². The van der Waals surface area contributed by atoms with Gasteiger partial charge in [-0.1, -0.05) is 17.8 Å². The lowest BCUT2D eigenvalue weighted by Crippen LogP contribution is -2.57. The van der Waals surface area contributed by atoms with Gasteiger partial charge in [-0.25, -0.2) is 4.98 Å². The average Bonchev–Trinajstić information content (AvgIpc) is 3.31. The summed E-state index contributed by atoms with van der Waals surface area (Å²) in [7, 11) is 0. The second kappa shape index (κ2) is 7.08. The van der Waals surface area contributed by atoms with Crippen molar-refractivity contribution in [2.45, 2.75) is 51.5 Å². The molecule has 7 nitrogen and oxygen atoms in total. The van der Waals surface area contributed by atoms with Crippen molar-refractivity contribution in [2.75, 3.05) is 26.2 Å². The molecule has 0 radical (unpaired) electrons. The maximum atomic E-state index is 12.8. The molecular formula is C18H26N6OS. The third kappa shape index (κ3) is 2.85. The largest absolute Gasteiger partial charge is 0.348 e. The van der Waals surface area contributed by atoms with Crippen LogP contribution in [0.25, 0.3) is 0 Å². The smallest absolute Gasteiger partial charge is 0.267 e. The Labute approximate surface area is 158 Å². The summed E-state index contributed by atoms with van der Waals surface area (Å²) >= 11 is 1.20. The number of aryl methyl sites for hydroxylation is 1. The summed E-state index contributed by atoms with van der Waals surface area (Å²) in [5.41, 5.74) is 3.19. The first kappa shape index (κ1) is 17.6. The van der Waals surface area contributed by atoms with Crippen LogP contribution in [-0.2, 0) is 12.0 Å². The van der Waals surface area contributed by atoms with Crippen molar-refractivity contribution in [1.82, 2.24) is 29.4 Å². The monoisotopic (exact) mass is 374 g/mol. The molecule has 2 aliphatic heterocycles. The van der Waals surface area contributed by atoms with Crippen LogP contribution < -0.4 is 0 Å². The molecule has 140 valence electrons. The average molecular weight is 375 g/mol. The highest BCUT2D eigenvalue weighted by molar-refractivity contribution is 7.07. The second-order valence-electron chi connectivity index (χ2n) is 7.33. The Morgan fingerprint density at radius 3 is 2.85 bits per heavy atom. The first-order valence-electron chi connectivity index (χ1n) is 9.51. The van der Waals surface area contributed by atoms with Gasteiger partial charge in [0.2, 0.25) is 0 Å². The molecule has 26 heavy (non-hydrogen) atoms. The van der Waals surface area contributed by atoms with Crippen molar-refractivity contribution in [3.05, 3.63) is 28.3 Å². The lowest BCUT2D eigenvalue weighted by atomic mass is 9.78. The number of hydrogen-bond acceptors (Lipinski definition) is 6. The Morgan fingerprint density at radius 1 is 1.35 bits per heavy atom. The molecule has 4 rings (SSSR count). The SMILES string of the molecule is CCCCN1CCc2[nH]cnc2C12CCN(C(=O)c1snnc1C)CC2. The van der Waals surface area contributed by atoms with Crippen LogP contribution in [-0.4, -0.2) is 61.4 Å². The molecule has 1 saturated heterocycles. The summed E-state index contributed by atoms with van der Waals surface area (Å²) in [6.07, 6.45) is 7.14. The minimum Gasteiger partial charge on any atom is -0.348 e. The number of rotatable bonds is 4. The molecule has 2 aliphatic rings. The van der Waals surface area contributed by atoms with E-state index >= 15 is 0 Å². The standard InChI is InChI=1S/C18H26N6OS/c1-3-4-8-24-9-5-14-16(20-12-19-14)18(24)6-10-23(11-7-18)17(25)15-13(2)21-22-26-15/h12H,3-11H2,1-2H3,(H,19,20). The number of likely N-dealkylation sites (tertiary alicyclic amines) is 1. The van der Waals surface area contributed by atoms with E-state index in [1.807, 2.05) is 18.2 Å². The highest BCUT2D eigenvalue weighted by Crippen LogP contribution is 2.42. The number of unbranched alkanes of at least 4 members (excludes halogenated alkanes) is 1. The van der Waals surface area contributed by atoms with E-state index in [0.29, 0.717) is 4.88 Å². The van der Waals surface area contributed by atoms with Crippen molar-refractivity contribution in [1.29, 1.82) is 0 Å². The van der Waals surface area contributed by atoms with Gasteiger partial charge in [0.05, 0.1) is 23.3 Å². The molecule has 0 unspecified atom stereocenters. The fourth-order valence-corrected chi connectivity index (χ4v) is 5.03. The van der Waals surface area contributed by atoms with E-state index in [2.05, 4.69) is 26.4 Å². The maximum Gasteiger partial charge on any atom is 0.267 e. The number of carbonyl (C=O) groups is 1. The molecule has 1 fully saturated rings. The molecular weight excluding hydrogens is 348 g/mol. The van der Waals surface area contributed by atoms with Gasteiger partial charge in [-0.2, -0.15) is 0 Å². The third-order valence-electron chi connectivity index (χ3n) is 5.90. The van der Waals surface area contributed by atoms with Crippen molar-refractivity contribution >= 4 is 17.4 Å². The van der Waals surface area contributed by atoms with Crippen LogP contribution in [0.15, 0.2) is 6.33 Å². The maximum absolute atomic E-state index is 12.8. The molecule has 4 heterocycles. The van der Waals surface area contributed by atoms with Crippen LogP contribution in [0.4, 0.5) is 0 Å². The number of piperidine rings is 1. The van der Waals surface area contributed by atoms with Crippen LogP contribution in [0.5, 0.6) is 0 Å². The first-order valence-corrected chi connectivity index (χ1v) is 10.3. The fourth-order valence-electron chi connectivity index (χ4n) is 4.40. The van der Waals surface area contributed by atoms with Crippen LogP contribution >= 0.6 is 11.5 Å². The molecule has 2 aromatic rings. The topological polar surface area (TPSA) is 78.0 Å². The van der Waals surface area contributed by atoms with Crippen LogP contribution in [0.1, 0.15) is 59.4 Å². The van der Waals surface area contributed by atoms with Gasteiger partial charge in [-0.3, -0.25) is 9.69 Å². The number of amides is 1. The molecule has 0 saturated carbocycles. The zero-order valence-corrected chi connectivity index (χ0v) is 16.3. The molecule has 2 aromatic heterocycles. The molecule has 1 amide bonds. The van der Waals surface area contributed by atoms with Gasteiger partial charge in [-0.15, -0.1) is 5.10 Å². The van der Waals surface area contributed by atoms with Crippen molar-refractivity contribution < 1.29 is 4.79 Å². The van der Waals surface area contributed by atoms with E-state index in [1.54, 1.807) is 0 Å². The van der Waals surface area contributed by atoms with E-state index in [9.17, 15) is 4.79 Å². The van der Waals surface area contributed by atoms with E-state index in [4.69, 9.17) is 4.98 Å². The Hall–Kier alpha value is -1.80. The zero-order chi connectivity index (χ0) is 18.1. The summed E-state index contributed by atoms with van der Waals surface area (Å²) in [5, 5.41) is 3.98. The van der Waals surface area contributed by atoms with E-state index in [-0.39, 0.29) is 11.4 Å². The minimum atomic E-state index is -0.0273. The first-order chi connectivity index (χ1) is 12.7. The number of hydrogen-bond donors (Lipinski definition) is 1. The number of H-pyrrole nitrogens is 1. The van der Waals surface area contributed by atoms with Crippen LogP contribution in [0.2, 0.25) is 0 Å². The van der Waals surface area contributed by atoms with Gasteiger partial charge in [0.15, 0.2) is 0 Å². The normalized spacial score (nSPS) is 19.7. The molecule has 1 spiro atoms. The van der Waals surface area contributed by atoms with E-state index in [0.717, 1.165) is 51.1 Å². The van der Waals surface area contributed by atoms with Crippen molar-refractivity contribution in [2.24, 2.45) is 0 Å². The predicted octanol–water partition coefficient (Wildman–Crippen LogP) is 2.36. The molecule has 0 bridgehead atoms. The van der Waals surface area contributed by atoms with E-state index < -0.39 is 0 Å². The van der Waals surface area contributed by atoms with Crippen LogP contribution in [0.3, 0.4) is 0 Å². The van der Waals surface area contributed by atoms with Gasteiger partial charge >= 0.3 is 0 Å². The summed E-state index contributed by atoms with van der Waals surface area (Å²) in [4.78, 5) is 26.1. The quantitative estimate of drug-likeness (QED) is 0.889. The molecule has 1 N–H and O–H groups in total. The number of nitrogens with one attached hydrogen (secondary N) is 1.